The number of pyridine rings is 2. The molecule has 156 valence electrons. The van der Waals surface area contributed by atoms with Gasteiger partial charge in [0.15, 0.2) is 11.5 Å². The summed E-state index contributed by atoms with van der Waals surface area (Å²) in [5, 5.41) is 10.0. The molecule has 7 heteroatoms. The van der Waals surface area contributed by atoms with Gasteiger partial charge in [-0.15, -0.1) is 0 Å². The van der Waals surface area contributed by atoms with Crippen LogP contribution >= 0.6 is 0 Å². The molecule has 3 aromatic rings. The van der Waals surface area contributed by atoms with E-state index in [0.717, 1.165) is 23.1 Å². The number of hydrogen-bond donors (Lipinski definition) is 2. The summed E-state index contributed by atoms with van der Waals surface area (Å²) in [6, 6.07) is 12.9. The van der Waals surface area contributed by atoms with E-state index < -0.39 is 5.91 Å². The van der Waals surface area contributed by atoms with Crippen LogP contribution in [0, 0.1) is 0 Å². The van der Waals surface area contributed by atoms with Crippen LogP contribution < -0.4 is 10.5 Å². The first kappa shape index (κ1) is 21.3. The van der Waals surface area contributed by atoms with Crippen molar-refractivity contribution < 1.29 is 14.6 Å². The molecular weight excluding hydrogens is 380 g/mol. The molecule has 2 heterocycles. The normalized spacial score (nSPS) is 11.9. The summed E-state index contributed by atoms with van der Waals surface area (Å²) in [6.07, 6.45) is 8.45. The van der Waals surface area contributed by atoms with Crippen LogP contribution in [0.1, 0.15) is 22.7 Å². The number of methoxy groups -OCH3 is 1. The molecule has 0 radical (unpaired) electrons. The number of aromatic hydroxyl groups is 1. The number of phenols is 1. The van der Waals surface area contributed by atoms with Gasteiger partial charge in [-0.1, -0.05) is 18.2 Å². The van der Waals surface area contributed by atoms with Gasteiger partial charge in [-0.3, -0.25) is 19.7 Å². The Balaban J connectivity index is 1.94. The third-order valence-electron chi connectivity index (χ3n) is 4.95. The predicted molar refractivity (Wildman–Crippen MR) is 114 cm³/mol. The number of primary amides is 1. The first-order valence-corrected chi connectivity index (χ1v) is 9.74. The minimum atomic E-state index is -0.400. The van der Waals surface area contributed by atoms with Gasteiger partial charge >= 0.3 is 0 Å². The smallest absolute Gasteiger partial charge is 0.231 e. The highest BCUT2D eigenvalue weighted by atomic mass is 16.5. The molecule has 0 fully saturated rings. The quantitative estimate of drug-likeness (QED) is 0.536. The average molecular weight is 406 g/mol. The molecule has 0 bridgehead atoms. The molecule has 0 saturated carbocycles. The number of amides is 1. The van der Waals surface area contributed by atoms with Crippen molar-refractivity contribution in [3.8, 4) is 11.5 Å². The predicted octanol–water partition coefficient (Wildman–Crippen LogP) is 2.50. The Labute approximate surface area is 176 Å². The number of carbonyl (C=O) groups is 1. The Morgan fingerprint density at radius 3 is 2.43 bits per heavy atom. The Bertz CT molecular complexity index is 951. The van der Waals surface area contributed by atoms with Gasteiger partial charge in [-0.25, -0.2) is 0 Å². The lowest BCUT2D eigenvalue weighted by Gasteiger charge is -2.31. The summed E-state index contributed by atoms with van der Waals surface area (Å²) in [5.74, 6) is 0.0521. The van der Waals surface area contributed by atoms with E-state index in [9.17, 15) is 9.90 Å². The van der Waals surface area contributed by atoms with Crippen molar-refractivity contribution in [1.82, 2.24) is 14.9 Å². The van der Waals surface area contributed by atoms with Crippen LogP contribution in [0.2, 0.25) is 0 Å². The fourth-order valence-electron chi connectivity index (χ4n) is 3.47. The third-order valence-corrected chi connectivity index (χ3v) is 4.95. The Hall–Kier alpha value is -3.45. The van der Waals surface area contributed by atoms with E-state index in [0.29, 0.717) is 18.7 Å². The van der Waals surface area contributed by atoms with Gasteiger partial charge in [0, 0.05) is 37.4 Å². The highest BCUT2D eigenvalue weighted by Gasteiger charge is 2.24. The zero-order valence-corrected chi connectivity index (χ0v) is 16.9. The summed E-state index contributed by atoms with van der Waals surface area (Å²) in [6.45, 7) is 0.719. The lowest BCUT2D eigenvalue weighted by atomic mass is 9.97. The fourth-order valence-corrected chi connectivity index (χ4v) is 3.47. The molecule has 0 aliphatic rings. The summed E-state index contributed by atoms with van der Waals surface area (Å²) in [4.78, 5) is 22.3. The van der Waals surface area contributed by atoms with Crippen molar-refractivity contribution in [2.45, 2.75) is 18.9 Å². The second-order valence-corrected chi connectivity index (χ2v) is 7.06. The summed E-state index contributed by atoms with van der Waals surface area (Å²) in [5.41, 5.74) is 8.61. The molecule has 1 aromatic carbocycles. The highest BCUT2D eigenvalue weighted by Crippen LogP contribution is 2.33. The number of ether oxygens (including phenoxy) is 1. The topological polar surface area (TPSA) is 102 Å². The van der Waals surface area contributed by atoms with Crippen molar-refractivity contribution in [1.29, 1.82) is 0 Å². The van der Waals surface area contributed by atoms with Gasteiger partial charge < -0.3 is 15.6 Å². The van der Waals surface area contributed by atoms with Crippen molar-refractivity contribution in [2.24, 2.45) is 5.73 Å². The Kier molecular flexibility index (Phi) is 7.34. The average Bonchev–Trinajstić information content (AvgIpc) is 2.77. The maximum atomic E-state index is 11.9. The van der Waals surface area contributed by atoms with Crippen LogP contribution in [0.4, 0.5) is 0 Å². The minimum Gasteiger partial charge on any atom is -0.504 e. The SMILES string of the molecule is COc1cc(C(Cc2cccnc2)N(CCc2cccnc2)CC(N)=O)ccc1O. The van der Waals surface area contributed by atoms with E-state index in [1.165, 1.54) is 7.11 Å². The molecule has 7 nitrogen and oxygen atoms in total. The van der Waals surface area contributed by atoms with E-state index in [-0.39, 0.29) is 18.3 Å². The van der Waals surface area contributed by atoms with Crippen LogP contribution in [0.25, 0.3) is 0 Å². The molecular formula is C23H26N4O3. The molecule has 0 aliphatic carbocycles. The summed E-state index contributed by atoms with van der Waals surface area (Å²) in [7, 11) is 1.51. The number of hydrogen-bond acceptors (Lipinski definition) is 6. The van der Waals surface area contributed by atoms with Gasteiger partial charge in [-0.05, 0) is 53.8 Å². The molecule has 0 saturated heterocycles. The number of nitrogens with zero attached hydrogens (tertiary/aromatic N) is 3. The number of rotatable bonds is 10. The van der Waals surface area contributed by atoms with E-state index in [4.69, 9.17) is 10.5 Å². The zero-order chi connectivity index (χ0) is 21.3. The van der Waals surface area contributed by atoms with Gasteiger partial charge in [0.05, 0.1) is 13.7 Å². The monoisotopic (exact) mass is 406 g/mol. The fraction of sp³-hybridized carbons (Fsp3) is 0.261. The highest BCUT2D eigenvalue weighted by molar-refractivity contribution is 5.76. The molecule has 1 unspecified atom stereocenters. The van der Waals surface area contributed by atoms with Crippen molar-refractivity contribution in [3.05, 3.63) is 83.9 Å². The number of carbonyl (C=O) groups excluding carboxylic acids is 1. The molecule has 30 heavy (non-hydrogen) atoms. The second kappa shape index (κ2) is 10.4. The van der Waals surface area contributed by atoms with Crippen molar-refractivity contribution in [2.75, 3.05) is 20.2 Å². The maximum Gasteiger partial charge on any atom is 0.231 e. The molecule has 0 aliphatic heterocycles. The maximum absolute atomic E-state index is 11.9. The lowest BCUT2D eigenvalue weighted by Crippen LogP contribution is -2.39. The summed E-state index contributed by atoms with van der Waals surface area (Å²) < 4.78 is 5.30. The minimum absolute atomic E-state index is 0.0678. The second-order valence-electron chi connectivity index (χ2n) is 7.06. The molecule has 1 atom stereocenters. The number of aromatic nitrogens is 2. The molecule has 1 amide bonds. The lowest BCUT2D eigenvalue weighted by molar-refractivity contribution is -0.119. The van der Waals surface area contributed by atoms with Crippen LogP contribution in [0.5, 0.6) is 11.5 Å². The third kappa shape index (κ3) is 5.78. The van der Waals surface area contributed by atoms with Crippen LogP contribution in [0.15, 0.2) is 67.3 Å². The molecule has 3 N–H and O–H groups in total. The molecule has 0 spiro atoms. The zero-order valence-electron chi connectivity index (χ0n) is 16.9. The first-order chi connectivity index (χ1) is 14.6. The molecule has 3 rings (SSSR count). The van der Waals surface area contributed by atoms with Crippen molar-refractivity contribution in [3.63, 3.8) is 0 Å². The van der Waals surface area contributed by atoms with Gasteiger partial charge in [0.2, 0.25) is 5.91 Å². The number of phenolic OH excluding ortho intramolecular Hbond substituents is 1. The number of nitrogens with two attached hydrogens (primary N) is 1. The van der Waals surface area contributed by atoms with E-state index in [1.807, 2.05) is 47.6 Å². The van der Waals surface area contributed by atoms with E-state index in [1.54, 1.807) is 24.5 Å². The summed E-state index contributed by atoms with van der Waals surface area (Å²) >= 11 is 0. The van der Waals surface area contributed by atoms with E-state index in [2.05, 4.69) is 9.97 Å². The van der Waals surface area contributed by atoms with E-state index >= 15 is 0 Å². The number of benzene rings is 1. The Morgan fingerprint density at radius 2 is 1.83 bits per heavy atom. The standard InChI is InChI=1S/C23H26N4O3/c1-30-22-13-19(6-7-21(22)28)20(12-18-5-3-10-26-15-18)27(16-23(24)29)11-8-17-4-2-9-25-14-17/h2-7,9-10,13-15,20,28H,8,11-12,16H2,1H3,(H2,24,29). The van der Waals surface area contributed by atoms with Crippen LogP contribution in [-0.4, -0.2) is 46.1 Å². The van der Waals surface area contributed by atoms with Crippen molar-refractivity contribution >= 4 is 5.91 Å². The first-order valence-electron chi connectivity index (χ1n) is 9.74. The van der Waals surface area contributed by atoms with Gasteiger partial charge in [0.25, 0.3) is 0 Å². The largest absolute Gasteiger partial charge is 0.504 e. The van der Waals surface area contributed by atoms with Gasteiger partial charge in [-0.2, -0.15) is 0 Å². The Morgan fingerprint density at radius 1 is 1.13 bits per heavy atom. The van der Waals surface area contributed by atoms with Crippen LogP contribution in [-0.2, 0) is 17.6 Å². The van der Waals surface area contributed by atoms with Crippen LogP contribution in [0.3, 0.4) is 0 Å². The van der Waals surface area contributed by atoms with Gasteiger partial charge in [0.1, 0.15) is 0 Å². The molecule has 2 aromatic heterocycles.